The maximum atomic E-state index is 14.0. The number of allylic oxidation sites excluding steroid dienone is 2. The number of piperidine rings is 3. The van der Waals surface area contributed by atoms with Gasteiger partial charge in [0.05, 0.1) is 49.8 Å². The smallest absolute Gasteiger partial charge is 0.240 e. The highest BCUT2D eigenvalue weighted by Crippen LogP contribution is 2.54. The summed E-state index contributed by atoms with van der Waals surface area (Å²) in [6.07, 6.45) is 8.04. The molecule has 6 aliphatic rings. The normalized spacial score (nSPS) is 27.3. The Labute approximate surface area is 468 Å². The predicted molar refractivity (Wildman–Crippen MR) is 305 cm³/mol. The summed E-state index contributed by atoms with van der Waals surface area (Å²) in [5.41, 5.74) is 2.98. The maximum absolute atomic E-state index is 14.0. The largest absolute Gasteiger partial charge is 0.497 e. The first-order chi connectivity index (χ1) is 38.3. The van der Waals surface area contributed by atoms with Crippen LogP contribution in [0.1, 0.15) is 81.4 Å². The zero-order valence-electron chi connectivity index (χ0n) is 44.9. The van der Waals surface area contributed by atoms with Crippen LogP contribution in [0.5, 0.6) is 11.5 Å². The molecule has 0 saturated carbocycles. The van der Waals surface area contributed by atoms with Crippen molar-refractivity contribution in [3.8, 4) is 11.5 Å². The number of hydrogen-bond acceptors (Lipinski definition) is 9. The van der Waals surface area contributed by atoms with Gasteiger partial charge in [0.15, 0.2) is 11.6 Å². The summed E-state index contributed by atoms with van der Waals surface area (Å²) in [5, 5.41) is 7.03. The fourth-order valence-electron chi connectivity index (χ4n) is 13.7. The number of methoxy groups -OCH3 is 2. The molecule has 14 nitrogen and oxygen atoms in total. The third-order valence-electron chi connectivity index (χ3n) is 17.7. The Hall–Kier alpha value is -8.88. The van der Waals surface area contributed by atoms with E-state index in [9.17, 15) is 24.0 Å². The number of ketones is 2. The predicted octanol–water partition coefficient (Wildman–Crippen LogP) is 11.1. The molecule has 0 bridgehead atoms. The third-order valence-corrected chi connectivity index (χ3v) is 17.7. The molecule has 0 unspecified atom stereocenters. The molecule has 0 spiro atoms. The SMILES string of the molecule is C.C[C@@H]1c2oncc2C[C@]2(c3ccccc3)C(=O)NCC[C@@H]12.[C-]#[N+]C1=C[C@@]2(c3ccccc3)C(=O)N(c3ccc(OC)cc3)CC[C@@H]2[C@@H](C)C1=O.[C-]#[N+]C1=C[C@]2(c3ccccc3)C(=O)N(c3ccc(OC)cc3)CC[C@H]2[C@H](C)C1=O. The van der Waals surface area contributed by atoms with Gasteiger partial charge in [-0.2, -0.15) is 0 Å². The van der Waals surface area contributed by atoms with Crippen LogP contribution in [0.4, 0.5) is 11.4 Å². The number of benzene rings is 5. The Kier molecular flexibility index (Phi) is 15.9. The maximum Gasteiger partial charge on any atom is 0.240 e. The zero-order valence-corrected chi connectivity index (χ0v) is 44.9. The van der Waals surface area contributed by atoms with Crippen molar-refractivity contribution in [2.45, 2.75) is 76.0 Å². The van der Waals surface area contributed by atoms with Crippen molar-refractivity contribution < 1.29 is 38.0 Å². The van der Waals surface area contributed by atoms with E-state index in [1.54, 1.807) is 42.4 Å². The van der Waals surface area contributed by atoms with Crippen LogP contribution in [0, 0.1) is 42.7 Å². The molecule has 3 saturated heterocycles. The first-order valence-corrected chi connectivity index (χ1v) is 26.9. The van der Waals surface area contributed by atoms with E-state index < -0.39 is 16.2 Å². The van der Waals surface area contributed by atoms with Crippen molar-refractivity contribution in [2.24, 2.45) is 29.6 Å². The van der Waals surface area contributed by atoms with Gasteiger partial charge in [0.1, 0.15) is 17.3 Å². The van der Waals surface area contributed by atoms with Gasteiger partial charge in [-0.1, -0.05) is 137 Å². The Balaban J connectivity index is 0.000000146. The van der Waals surface area contributed by atoms with Crippen LogP contribution in [0.25, 0.3) is 9.69 Å². The fraction of sp³-hybridized carbons (Fsp3) is 0.333. The first-order valence-electron chi connectivity index (χ1n) is 26.9. The molecule has 5 aromatic carbocycles. The highest BCUT2D eigenvalue weighted by atomic mass is 16.5. The molecule has 3 aliphatic carbocycles. The fourth-order valence-corrected chi connectivity index (χ4v) is 13.7. The van der Waals surface area contributed by atoms with Gasteiger partial charge in [0.25, 0.3) is 0 Å². The summed E-state index contributed by atoms with van der Waals surface area (Å²) in [6.45, 7) is 22.6. The van der Waals surface area contributed by atoms with Gasteiger partial charge in [-0.15, -0.1) is 0 Å². The van der Waals surface area contributed by atoms with Crippen LogP contribution in [-0.2, 0) is 46.6 Å². The number of carbonyl (C=O) groups is 5. The standard InChI is InChI=1S/2C24H22N2O3.C17H18N2O2.CH4/c2*1-16-20-13-14-26(18-9-11-19(29-3)12-10-18)23(28)24(20,15-21(25-2)22(16)27)17-7-5-4-6-8-17;1-11-14-7-8-18-16(20)17(14,13-5-3-2-4-6-13)9-12-10-19-21-15(11)12;/h2*4-12,15-16,20H,13-14H2,1,3H3;2-6,10-11,14H,7-9H2,1H3,(H,18,20);1H4/t2*16-,20-,24+;11-,14-,17+;/m100./s1. The van der Waals surface area contributed by atoms with Crippen molar-refractivity contribution in [1.82, 2.24) is 10.5 Å². The number of hydrogen-bond donors (Lipinski definition) is 1. The van der Waals surface area contributed by atoms with E-state index in [4.69, 9.17) is 27.1 Å². The molecule has 9 atom stereocenters. The molecule has 3 aliphatic heterocycles. The Bertz CT molecular complexity index is 3270. The number of amides is 3. The number of nitrogens with one attached hydrogen (secondary N) is 1. The van der Waals surface area contributed by atoms with E-state index >= 15 is 0 Å². The minimum absolute atomic E-state index is 0. The number of aromatic nitrogens is 1. The Morgan fingerprint density at radius 1 is 0.575 bits per heavy atom. The monoisotopic (exact) mass is 1070 g/mol. The van der Waals surface area contributed by atoms with Gasteiger partial charge in [-0.05, 0) is 109 Å². The number of Topliss-reactive ketones (excluding diaryl/α,β-unsaturated/α-hetero) is 2. The summed E-state index contributed by atoms with van der Waals surface area (Å²) in [7, 11) is 3.21. The minimum atomic E-state index is -1.02. The number of rotatable bonds is 7. The third kappa shape index (κ3) is 9.26. The van der Waals surface area contributed by atoms with Crippen molar-refractivity contribution >= 4 is 40.7 Å². The van der Waals surface area contributed by atoms with E-state index in [0.29, 0.717) is 32.4 Å². The van der Waals surface area contributed by atoms with Crippen LogP contribution in [-0.4, -0.2) is 68.3 Å². The molecule has 1 N–H and O–H groups in total. The average molecular weight is 1070 g/mol. The summed E-state index contributed by atoms with van der Waals surface area (Å²) < 4.78 is 15.9. The lowest BCUT2D eigenvalue weighted by molar-refractivity contribution is -0.133. The summed E-state index contributed by atoms with van der Waals surface area (Å²) in [5.74, 6) is 1.39. The zero-order chi connectivity index (χ0) is 55.6. The van der Waals surface area contributed by atoms with Crippen LogP contribution in [0.2, 0.25) is 0 Å². The lowest BCUT2D eigenvalue weighted by Crippen LogP contribution is -2.59. The molecule has 80 heavy (non-hydrogen) atoms. The van der Waals surface area contributed by atoms with Gasteiger partial charge in [-0.3, -0.25) is 14.4 Å². The quantitative estimate of drug-likeness (QED) is 0.154. The van der Waals surface area contributed by atoms with Crippen LogP contribution >= 0.6 is 0 Å². The highest BCUT2D eigenvalue weighted by Gasteiger charge is 2.59. The van der Waals surface area contributed by atoms with Gasteiger partial charge in [0.2, 0.25) is 29.1 Å². The van der Waals surface area contributed by atoms with E-state index in [2.05, 4.69) is 39.2 Å². The molecular weight excluding hydrogens is 1000 g/mol. The number of ether oxygens (including phenoxy) is 2. The molecule has 3 fully saturated rings. The molecule has 12 rings (SSSR count). The summed E-state index contributed by atoms with van der Waals surface area (Å²) in [4.78, 5) is 76.7. The van der Waals surface area contributed by atoms with Gasteiger partial charge in [-0.25, -0.2) is 9.69 Å². The number of anilines is 2. The second kappa shape index (κ2) is 22.8. The molecule has 6 aromatic rings. The van der Waals surface area contributed by atoms with Crippen molar-refractivity contribution in [3.63, 3.8) is 0 Å². The van der Waals surface area contributed by atoms with E-state index in [0.717, 1.165) is 63.9 Å². The second-order valence-corrected chi connectivity index (χ2v) is 21.3. The number of fused-ring (bicyclic) bond motifs is 4. The average Bonchev–Trinajstić information content (AvgIpc) is 4.07. The van der Waals surface area contributed by atoms with Crippen LogP contribution in [0.15, 0.2) is 174 Å². The molecule has 3 amide bonds. The lowest BCUT2D eigenvalue weighted by atomic mass is 9.56. The molecule has 1 aromatic heterocycles. The Morgan fingerprint density at radius 2 is 1.00 bits per heavy atom. The summed E-state index contributed by atoms with van der Waals surface area (Å²) >= 11 is 0. The molecule has 0 radical (unpaired) electrons. The van der Waals surface area contributed by atoms with Gasteiger partial charge >= 0.3 is 0 Å². The first kappa shape index (κ1) is 55.9. The van der Waals surface area contributed by atoms with Crippen LogP contribution < -0.4 is 24.6 Å². The number of carbonyl (C=O) groups excluding carboxylic acids is 5. The molecular formula is C66H66N6O8. The molecule has 408 valence electrons. The second-order valence-electron chi connectivity index (χ2n) is 21.3. The molecule has 14 heteroatoms. The number of nitrogens with zero attached hydrogens (tertiary/aromatic N) is 5. The van der Waals surface area contributed by atoms with Crippen LogP contribution in [0.3, 0.4) is 0 Å². The van der Waals surface area contributed by atoms with Crippen molar-refractivity contribution in [2.75, 3.05) is 43.7 Å². The van der Waals surface area contributed by atoms with E-state index in [1.807, 2.05) is 141 Å². The topological polar surface area (TPSA) is 157 Å². The van der Waals surface area contributed by atoms with Gasteiger partial charge < -0.3 is 38.7 Å². The molecule has 4 heterocycles. The van der Waals surface area contributed by atoms with E-state index in [-0.39, 0.29) is 83.6 Å². The minimum Gasteiger partial charge on any atom is -0.497 e. The Morgan fingerprint density at radius 3 is 1.41 bits per heavy atom. The van der Waals surface area contributed by atoms with Gasteiger partial charge in [0, 0.05) is 54.3 Å². The van der Waals surface area contributed by atoms with Crippen molar-refractivity contribution in [3.05, 3.63) is 220 Å². The highest BCUT2D eigenvalue weighted by molar-refractivity contribution is 6.10. The van der Waals surface area contributed by atoms with Crippen molar-refractivity contribution in [1.29, 1.82) is 0 Å². The van der Waals surface area contributed by atoms with E-state index in [1.165, 1.54) is 0 Å². The summed E-state index contributed by atoms with van der Waals surface area (Å²) in [6, 6.07) is 44.0. The lowest BCUT2D eigenvalue weighted by Gasteiger charge is -2.50.